The average Bonchev–Trinajstić information content (AvgIpc) is 3.69. The maximum absolute atomic E-state index is 13.2. The number of rotatable bonds is 9. The van der Waals surface area contributed by atoms with Crippen LogP contribution in [0, 0.1) is 5.92 Å². The third kappa shape index (κ3) is 5.46. The molecule has 1 N–H and O–H groups in total. The predicted octanol–water partition coefficient (Wildman–Crippen LogP) is 4.93. The quantitative estimate of drug-likeness (QED) is 0.369. The van der Waals surface area contributed by atoms with E-state index in [0.717, 1.165) is 35.4 Å². The Balaban J connectivity index is 1.39. The molecule has 0 spiro atoms. The zero-order valence-electron chi connectivity index (χ0n) is 20.1. The number of ether oxygens (including phenoxy) is 1. The maximum Gasteiger partial charge on any atom is 0.246 e. The minimum atomic E-state index is -0.288. The van der Waals surface area contributed by atoms with Crippen molar-refractivity contribution < 1.29 is 14.3 Å². The maximum atomic E-state index is 13.2. The lowest BCUT2D eigenvalue weighted by Gasteiger charge is -2.22. The van der Waals surface area contributed by atoms with Crippen molar-refractivity contribution in [2.24, 2.45) is 5.92 Å². The van der Waals surface area contributed by atoms with Gasteiger partial charge in [-0.25, -0.2) is 4.98 Å². The SMILES string of the molecule is COc1ccc(-c2cn(-c3ccccc3)c(NC(=O)CN(Cc3ccccc3)C(=O)C3CC3)n2)cc1. The second kappa shape index (κ2) is 10.5. The zero-order valence-corrected chi connectivity index (χ0v) is 20.1. The summed E-state index contributed by atoms with van der Waals surface area (Å²) in [4.78, 5) is 32.5. The number of benzene rings is 3. The number of carbonyl (C=O) groups excluding carboxylic acids is 2. The van der Waals surface area contributed by atoms with Crippen LogP contribution in [0.4, 0.5) is 5.95 Å². The van der Waals surface area contributed by atoms with Gasteiger partial charge in [0.1, 0.15) is 12.3 Å². The predicted molar refractivity (Wildman–Crippen MR) is 139 cm³/mol. The highest BCUT2D eigenvalue weighted by Crippen LogP contribution is 2.31. The van der Waals surface area contributed by atoms with E-state index in [9.17, 15) is 9.59 Å². The van der Waals surface area contributed by atoms with Crippen LogP contribution in [-0.2, 0) is 16.1 Å². The van der Waals surface area contributed by atoms with Crippen LogP contribution in [0.3, 0.4) is 0 Å². The summed E-state index contributed by atoms with van der Waals surface area (Å²) in [5, 5.41) is 2.95. The Kier molecular flexibility index (Phi) is 6.80. The number of aromatic nitrogens is 2. The van der Waals surface area contributed by atoms with Crippen molar-refractivity contribution in [1.29, 1.82) is 0 Å². The fraction of sp³-hybridized carbons (Fsp3) is 0.207. The summed E-state index contributed by atoms with van der Waals surface area (Å²) >= 11 is 0. The molecule has 5 rings (SSSR count). The van der Waals surface area contributed by atoms with Crippen molar-refractivity contribution in [1.82, 2.24) is 14.5 Å². The van der Waals surface area contributed by atoms with Crippen LogP contribution < -0.4 is 10.1 Å². The molecule has 0 saturated heterocycles. The van der Waals surface area contributed by atoms with Crippen molar-refractivity contribution >= 4 is 17.8 Å². The molecule has 0 radical (unpaired) electrons. The molecule has 1 aliphatic rings. The van der Waals surface area contributed by atoms with Gasteiger partial charge in [-0.2, -0.15) is 0 Å². The van der Waals surface area contributed by atoms with Gasteiger partial charge in [0.25, 0.3) is 0 Å². The summed E-state index contributed by atoms with van der Waals surface area (Å²) in [6, 6.07) is 27.1. The molecule has 1 saturated carbocycles. The number of hydrogen-bond acceptors (Lipinski definition) is 4. The van der Waals surface area contributed by atoms with Crippen LogP contribution in [0.2, 0.25) is 0 Å². The first-order chi connectivity index (χ1) is 17.6. The Bertz CT molecular complexity index is 1330. The van der Waals surface area contributed by atoms with Crippen molar-refractivity contribution in [2.45, 2.75) is 19.4 Å². The number of nitrogens with zero attached hydrogens (tertiary/aromatic N) is 3. The fourth-order valence-corrected chi connectivity index (χ4v) is 4.10. The summed E-state index contributed by atoms with van der Waals surface area (Å²) in [5.41, 5.74) is 3.48. The van der Waals surface area contributed by atoms with Gasteiger partial charge < -0.3 is 9.64 Å². The largest absolute Gasteiger partial charge is 0.497 e. The first-order valence-corrected chi connectivity index (χ1v) is 12.0. The monoisotopic (exact) mass is 480 g/mol. The Morgan fingerprint density at radius 3 is 2.28 bits per heavy atom. The number of methoxy groups -OCH3 is 1. The number of imidazole rings is 1. The van der Waals surface area contributed by atoms with Gasteiger partial charge in [-0.05, 0) is 54.8 Å². The number of hydrogen-bond donors (Lipinski definition) is 1. The van der Waals surface area contributed by atoms with Crippen molar-refractivity contribution in [3.8, 4) is 22.7 Å². The standard InChI is InChI=1S/C29H28N4O3/c1-36-25-16-14-22(15-17-25)26-19-33(24-10-6-3-7-11-24)29(30-26)31-27(34)20-32(28(35)23-12-13-23)18-21-8-4-2-5-9-21/h2-11,14-17,19,23H,12-13,18,20H2,1H3,(H,30,31,34). The summed E-state index contributed by atoms with van der Waals surface area (Å²) in [7, 11) is 1.63. The molecular weight excluding hydrogens is 452 g/mol. The highest BCUT2D eigenvalue weighted by molar-refractivity contribution is 5.94. The van der Waals surface area contributed by atoms with Gasteiger partial charge in [-0.1, -0.05) is 48.5 Å². The molecule has 182 valence electrons. The summed E-state index contributed by atoms with van der Waals surface area (Å²) in [6.45, 7) is 0.359. The van der Waals surface area contributed by atoms with E-state index < -0.39 is 0 Å². The lowest BCUT2D eigenvalue weighted by Crippen LogP contribution is -2.38. The van der Waals surface area contributed by atoms with Gasteiger partial charge in [0, 0.05) is 29.9 Å². The van der Waals surface area contributed by atoms with Gasteiger partial charge >= 0.3 is 0 Å². The number of anilines is 1. The topological polar surface area (TPSA) is 76.5 Å². The van der Waals surface area contributed by atoms with E-state index in [1.54, 1.807) is 12.0 Å². The minimum absolute atomic E-state index is 0.0227. The Hall–Kier alpha value is -4.39. The van der Waals surface area contributed by atoms with E-state index >= 15 is 0 Å². The van der Waals surface area contributed by atoms with Crippen LogP contribution in [0.5, 0.6) is 5.75 Å². The van der Waals surface area contributed by atoms with E-state index in [0.29, 0.717) is 18.2 Å². The molecule has 1 aromatic heterocycles. The van der Waals surface area contributed by atoms with Gasteiger partial charge in [-0.15, -0.1) is 0 Å². The van der Waals surface area contributed by atoms with E-state index in [1.165, 1.54) is 0 Å². The van der Waals surface area contributed by atoms with Crippen LogP contribution in [0.1, 0.15) is 18.4 Å². The zero-order chi connectivity index (χ0) is 24.9. The van der Waals surface area contributed by atoms with E-state index in [1.807, 2.05) is 95.7 Å². The van der Waals surface area contributed by atoms with Crippen molar-refractivity contribution in [2.75, 3.05) is 19.0 Å². The van der Waals surface area contributed by atoms with E-state index in [4.69, 9.17) is 9.72 Å². The normalized spacial score (nSPS) is 12.7. The molecule has 7 nitrogen and oxygen atoms in total. The van der Waals surface area contributed by atoms with Crippen molar-refractivity contribution in [3.63, 3.8) is 0 Å². The molecule has 0 unspecified atom stereocenters. The van der Waals surface area contributed by atoms with Crippen molar-refractivity contribution in [3.05, 3.63) is 96.7 Å². The second-order valence-corrected chi connectivity index (χ2v) is 8.89. The molecule has 36 heavy (non-hydrogen) atoms. The third-order valence-corrected chi connectivity index (χ3v) is 6.17. The average molecular weight is 481 g/mol. The molecule has 3 aromatic carbocycles. The van der Waals surface area contributed by atoms with Crippen LogP contribution >= 0.6 is 0 Å². The van der Waals surface area contributed by atoms with Gasteiger partial charge in [0.2, 0.25) is 17.8 Å². The first-order valence-electron chi connectivity index (χ1n) is 12.0. The minimum Gasteiger partial charge on any atom is -0.497 e. The Morgan fingerprint density at radius 1 is 0.972 bits per heavy atom. The summed E-state index contributed by atoms with van der Waals surface area (Å²) in [5.74, 6) is 0.918. The molecule has 2 amide bonds. The smallest absolute Gasteiger partial charge is 0.246 e. The Labute approximate surface area is 210 Å². The highest BCUT2D eigenvalue weighted by atomic mass is 16.5. The molecule has 7 heteroatoms. The summed E-state index contributed by atoms with van der Waals surface area (Å²) < 4.78 is 7.11. The molecule has 0 bridgehead atoms. The first kappa shape index (κ1) is 23.4. The van der Waals surface area contributed by atoms with E-state index in [-0.39, 0.29) is 24.3 Å². The Morgan fingerprint density at radius 2 is 1.64 bits per heavy atom. The number of carbonyl (C=O) groups is 2. The highest BCUT2D eigenvalue weighted by Gasteiger charge is 2.34. The molecule has 1 heterocycles. The molecule has 1 aliphatic carbocycles. The van der Waals surface area contributed by atoms with E-state index in [2.05, 4.69) is 5.32 Å². The molecular formula is C29H28N4O3. The molecule has 4 aromatic rings. The molecule has 0 atom stereocenters. The molecule has 0 aliphatic heterocycles. The van der Waals surface area contributed by atoms with Crippen LogP contribution in [0.15, 0.2) is 91.1 Å². The van der Waals surface area contributed by atoms with Gasteiger partial charge in [0.05, 0.1) is 12.8 Å². The third-order valence-electron chi connectivity index (χ3n) is 6.17. The van der Waals surface area contributed by atoms with Crippen LogP contribution in [-0.4, -0.2) is 39.9 Å². The lowest BCUT2D eigenvalue weighted by atomic mass is 10.1. The summed E-state index contributed by atoms with van der Waals surface area (Å²) in [6.07, 6.45) is 3.66. The van der Waals surface area contributed by atoms with Gasteiger partial charge in [-0.3, -0.25) is 19.5 Å². The number of nitrogens with one attached hydrogen (secondary N) is 1. The number of amides is 2. The lowest BCUT2D eigenvalue weighted by molar-refractivity contribution is -0.136. The molecule has 1 fully saturated rings. The van der Waals surface area contributed by atoms with Crippen LogP contribution in [0.25, 0.3) is 16.9 Å². The number of para-hydroxylation sites is 1. The second-order valence-electron chi connectivity index (χ2n) is 8.89. The van der Waals surface area contributed by atoms with Gasteiger partial charge in [0.15, 0.2) is 0 Å². The fourth-order valence-electron chi connectivity index (χ4n) is 4.10.